The first-order valence-electron chi connectivity index (χ1n) is 17.5. The van der Waals surface area contributed by atoms with Crippen molar-refractivity contribution in [3.8, 4) is 0 Å². The zero-order valence-corrected chi connectivity index (χ0v) is 29.5. The van der Waals surface area contributed by atoms with Gasteiger partial charge in [-0.3, -0.25) is 4.55 Å². The van der Waals surface area contributed by atoms with E-state index in [0.29, 0.717) is 31.1 Å². The topological polar surface area (TPSA) is 213 Å². The second kappa shape index (κ2) is 12.5. The summed E-state index contributed by atoms with van der Waals surface area (Å²) in [7, 11) is -4.83. The molecular formula is C34H54O13S. The monoisotopic (exact) mass is 702 g/mol. The number of ether oxygens (including phenoxy) is 3. The van der Waals surface area contributed by atoms with Crippen LogP contribution in [0, 0.1) is 46.3 Å². The number of hydrogen-bond donors (Lipinski definition) is 6. The molecule has 48 heavy (non-hydrogen) atoms. The van der Waals surface area contributed by atoms with Gasteiger partial charge in [-0.2, -0.15) is 8.42 Å². The molecule has 14 heteroatoms. The molecule has 6 rings (SSSR count). The molecule has 274 valence electrons. The van der Waals surface area contributed by atoms with E-state index in [-0.39, 0.29) is 41.8 Å². The molecule has 2 saturated heterocycles. The van der Waals surface area contributed by atoms with Crippen LogP contribution in [0.3, 0.4) is 0 Å². The lowest BCUT2D eigenvalue weighted by Gasteiger charge is -2.59. The van der Waals surface area contributed by atoms with Crippen molar-refractivity contribution in [1.82, 2.24) is 0 Å². The summed E-state index contributed by atoms with van der Waals surface area (Å²) in [6.07, 6.45) is -4.09. The number of allylic oxidation sites excluding steroid dienone is 2. The number of hydrogen-bond acceptors (Lipinski definition) is 11. The molecule has 4 aliphatic carbocycles. The minimum atomic E-state index is -4.83. The van der Waals surface area contributed by atoms with Gasteiger partial charge in [0.25, 0.3) is 0 Å². The zero-order chi connectivity index (χ0) is 35.3. The fourth-order valence-corrected chi connectivity index (χ4v) is 11.3. The van der Waals surface area contributed by atoms with Crippen molar-refractivity contribution < 1.29 is 61.7 Å². The molecule has 0 aromatic rings. The van der Waals surface area contributed by atoms with Gasteiger partial charge in [0.2, 0.25) is 0 Å². The first-order valence-corrected chi connectivity index (χ1v) is 18.9. The first kappa shape index (κ1) is 36.6. The predicted molar refractivity (Wildman–Crippen MR) is 169 cm³/mol. The maximum Gasteiger partial charge on any atom is 0.397 e. The van der Waals surface area contributed by atoms with E-state index in [1.165, 1.54) is 5.57 Å². The lowest BCUT2D eigenvalue weighted by Crippen LogP contribution is -2.61. The van der Waals surface area contributed by atoms with E-state index in [1.807, 2.05) is 6.92 Å². The van der Waals surface area contributed by atoms with Crippen molar-refractivity contribution >= 4 is 16.4 Å². The van der Waals surface area contributed by atoms with Crippen molar-refractivity contribution in [3.63, 3.8) is 0 Å². The molecular weight excluding hydrogens is 648 g/mol. The summed E-state index contributed by atoms with van der Waals surface area (Å²) < 4.78 is 57.3. The van der Waals surface area contributed by atoms with Crippen LogP contribution in [0.1, 0.15) is 86.5 Å². The molecule has 0 bridgehead atoms. The second-order valence-corrected chi connectivity index (χ2v) is 17.7. The Balaban J connectivity index is 1.24. The number of carbonyl (C=O) groups is 1. The average molecular weight is 703 g/mol. The molecule has 17 atom stereocenters. The first-order chi connectivity index (χ1) is 22.2. The molecule has 0 spiro atoms. The Morgan fingerprint density at radius 1 is 1.02 bits per heavy atom. The van der Waals surface area contributed by atoms with Crippen LogP contribution in [0.4, 0.5) is 0 Å². The Hall–Kier alpha value is -1.20. The van der Waals surface area contributed by atoms with E-state index in [1.54, 1.807) is 0 Å². The number of carboxylic acids is 1. The summed E-state index contributed by atoms with van der Waals surface area (Å²) in [5, 5.41) is 52.4. The van der Waals surface area contributed by atoms with Gasteiger partial charge in [0.15, 0.2) is 12.4 Å². The lowest BCUT2D eigenvalue weighted by atomic mass is 9.47. The third kappa shape index (κ3) is 6.09. The highest BCUT2D eigenvalue weighted by Gasteiger charge is 2.66. The maximum absolute atomic E-state index is 12.2. The van der Waals surface area contributed by atoms with Crippen LogP contribution >= 0.6 is 0 Å². The number of rotatable bonds is 9. The van der Waals surface area contributed by atoms with Gasteiger partial charge in [0, 0.05) is 0 Å². The number of epoxide rings is 1. The largest absolute Gasteiger partial charge is 0.479 e. The van der Waals surface area contributed by atoms with Crippen LogP contribution in [0.15, 0.2) is 11.6 Å². The highest BCUT2D eigenvalue weighted by Crippen LogP contribution is 2.68. The normalized spacial score (nSPS) is 49.2. The molecule has 13 nitrogen and oxygen atoms in total. The molecule has 0 aromatic heterocycles. The summed E-state index contributed by atoms with van der Waals surface area (Å²) in [5.74, 6) is -1.09. The number of aliphatic hydroxyl groups excluding tert-OH is 3. The molecule has 6 N–H and O–H groups in total. The summed E-state index contributed by atoms with van der Waals surface area (Å²) in [5.41, 5.74) is -0.570. The highest BCUT2D eigenvalue weighted by atomic mass is 32.3. The number of aliphatic carboxylic acids is 1. The fraction of sp³-hybridized carbons (Fsp3) is 0.912. The Morgan fingerprint density at radius 2 is 1.71 bits per heavy atom. The number of fused-ring (bicyclic) bond motifs is 5. The Bertz CT molecular complexity index is 1380. The van der Waals surface area contributed by atoms with E-state index in [0.717, 1.165) is 19.3 Å². The SMILES string of the molecule is CC(C)C(C)C1OC1C(C)(O)C1CCC2C3CC(OS(=O)(=O)O)C4CC(OC5OC(C(=O)O)C(O)C(O)C5O)CCC4(C)C3=CCC21C. The van der Waals surface area contributed by atoms with Gasteiger partial charge in [0.1, 0.15) is 24.4 Å². The van der Waals surface area contributed by atoms with Crippen molar-refractivity contribution in [2.24, 2.45) is 46.3 Å². The van der Waals surface area contributed by atoms with Crippen molar-refractivity contribution in [2.75, 3.05) is 0 Å². The summed E-state index contributed by atoms with van der Waals surface area (Å²) in [6, 6.07) is 0. The summed E-state index contributed by atoms with van der Waals surface area (Å²) in [4.78, 5) is 11.6. The van der Waals surface area contributed by atoms with E-state index < -0.39 is 76.2 Å². The standard InChI is InChI=1S/C34H54O13S/c1-15(2)16(3)27-29(45-27)34(6,40)23-8-7-19-18-14-22(47-48(41,42)43)21-13-17(9-11-32(21,4)20(18)10-12-33(19,23)5)44-31-26(37)24(35)25(36)28(46-31)30(38)39/h10,15-19,21-29,31,35-37,40H,7-9,11-14H2,1-6H3,(H,38,39)(H,41,42,43). The van der Waals surface area contributed by atoms with Gasteiger partial charge in [0.05, 0.1) is 23.9 Å². The van der Waals surface area contributed by atoms with Gasteiger partial charge >= 0.3 is 16.4 Å². The molecule has 6 aliphatic rings. The zero-order valence-electron chi connectivity index (χ0n) is 28.6. The minimum Gasteiger partial charge on any atom is -0.479 e. The van der Waals surface area contributed by atoms with Gasteiger partial charge in [-0.15, -0.1) is 0 Å². The molecule has 2 aliphatic heterocycles. The molecule has 3 saturated carbocycles. The third-order valence-corrected chi connectivity index (χ3v) is 14.2. The maximum atomic E-state index is 12.2. The molecule has 2 heterocycles. The highest BCUT2D eigenvalue weighted by molar-refractivity contribution is 7.80. The Labute approximate surface area is 282 Å². The van der Waals surface area contributed by atoms with Gasteiger partial charge in [-0.25, -0.2) is 8.98 Å². The van der Waals surface area contributed by atoms with E-state index in [9.17, 15) is 43.3 Å². The quantitative estimate of drug-likeness (QED) is 0.0883. The third-order valence-electron chi connectivity index (χ3n) is 13.7. The molecule has 0 radical (unpaired) electrons. The molecule has 5 fully saturated rings. The van der Waals surface area contributed by atoms with Crippen LogP contribution in [-0.2, 0) is 33.6 Å². The Morgan fingerprint density at radius 3 is 2.33 bits per heavy atom. The van der Waals surface area contributed by atoms with E-state index in [2.05, 4.69) is 40.7 Å². The minimum absolute atomic E-state index is 0.0140. The van der Waals surface area contributed by atoms with Crippen molar-refractivity contribution in [2.45, 2.75) is 147 Å². The van der Waals surface area contributed by atoms with Crippen LogP contribution in [0.25, 0.3) is 0 Å². The van der Waals surface area contributed by atoms with Crippen LogP contribution in [0.5, 0.6) is 0 Å². The van der Waals surface area contributed by atoms with Crippen molar-refractivity contribution in [1.29, 1.82) is 0 Å². The van der Waals surface area contributed by atoms with Gasteiger partial charge in [-0.1, -0.05) is 46.3 Å². The lowest BCUT2D eigenvalue weighted by molar-refractivity contribution is -0.309. The fourth-order valence-electron chi connectivity index (χ4n) is 10.8. The smallest absolute Gasteiger partial charge is 0.397 e. The summed E-state index contributed by atoms with van der Waals surface area (Å²) >= 11 is 0. The van der Waals surface area contributed by atoms with Crippen LogP contribution in [0.2, 0.25) is 0 Å². The van der Waals surface area contributed by atoms with Crippen LogP contribution in [-0.4, -0.2) is 105 Å². The predicted octanol–water partition coefficient (Wildman–Crippen LogP) is 2.45. The number of carboxylic acid groups (broad SMARTS) is 1. The molecule has 0 amide bonds. The van der Waals surface area contributed by atoms with E-state index >= 15 is 0 Å². The van der Waals surface area contributed by atoms with Gasteiger partial charge < -0.3 is 39.7 Å². The average Bonchev–Trinajstić information content (AvgIpc) is 3.72. The van der Waals surface area contributed by atoms with E-state index in [4.69, 9.17) is 18.4 Å². The summed E-state index contributed by atoms with van der Waals surface area (Å²) in [6.45, 7) is 12.7. The van der Waals surface area contributed by atoms with Crippen LogP contribution < -0.4 is 0 Å². The number of aliphatic hydroxyl groups is 4. The Kier molecular flexibility index (Phi) is 9.52. The molecule has 17 unspecified atom stereocenters. The molecule has 0 aromatic carbocycles. The van der Waals surface area contributed by atoms with Crippen molar-refractivity contribution in [3.05, 3.63) is 11.6 Å². The van der Waals surface area contributed by atoms with Gasteiger partial charge in [-0.05, 0) is 98.2 Å². The second-order valence-electron chi connectivity index (χ2n) is 16.7.